The molecule has 3 aromatic heterocycles. The molecule has 0 unspecified atom stereocenters. The van der Waals surface area contributed by atoms with E-state index in [2.05, 4.69) is 25.2 Å². The highest BCUT2D eigenvalue weighted by atomic mass is 32.1. The monoisotopic (exact) mass is 477 g/mol. The van der Waals surface area contributed by atoms with Crippen LogP contribution < -0.4 is 16.0 Å². The van der Waals surface area contributed by atoms with Crippen LogP contribution in [0.2, 0.25) is 0 Å². The van der Waals surface area contributed by atoms with E-state index in [0.717, 1.165) is 42.6 Å². The summed E-state index contributed by atoms with van der Waals surface area (Å²) in [6, 6.07) is 2.75. The van der Waals surface area contributed by atoms with Crippen LogP contribution in [0.4, 0.5) is 19.7 Å². The third-order valence-corrected chi connectivity index (χ3v) is 8.12. The van der Waals surface area contributed by atoms with Crippen LogP contribution in [-0.4, -0.2) is 40.1 Å². The summed E-state index contributed by atoms with van der Waals surface area (Å²) < 4.78 is 36.7. The molecule has 34 heavy (non-hydrogen) atoms. The first kappa shape index (κ1) is 20.0. The molecule has 3 N–H and O–H groups in total. The number of nitriles is 1. The van der Waals surface area contributed by atoms with Gasteiger partial charge in [0.1, 0.15) is 16.6 Å². The lowest BCUT2D eigenvalue weighted by atomic mass is 9.94. The molecule has 0 radical (unpaired) electrons. The molecule has 0 amide bonds. The summed E-state index contributed by atoms with van der Waals surface area (Å²) in [7, 11) is 0. The Bertz CT molecular complexity index is 1580. The van der Waals surface area contributed by atoms with Crippen LogP contribution in [-0.2, 0) is 18.0 Å². The number of hydrogen-bond acceptors (Lipinski definition) is 9. The summed E-state index contributed by atoms with van der Waals surface area (Å²) in [6.07, 6.45) is 3.69. The fraction of sp³-hybridized carbons (Fsp3) is 0.304. The molecular formula is C23H17F2N7OS. The minimum Gasteiger partial charge on any atom is -0.389 e. The second kappa shape index (κ2) is 7.02. The van der Waals surface area contributed by atoms with Gasteiger partial charge in [0, 0.05) is 35.1 Å². The topological polar surface area (TPSA) is 113 Å². The molecule has 8 nitrogen and oxygen atoms in total. The van der Waals surface area contributed by atoms with Crippen molar-refractivity contribution in [1.29, 1.82) is 5.26 Å². The van der Waals surface area contributed by atoms with Crippen LogP contribution in [0.5, 0.6) is 0 Å². The molecule has 0 spiro atoms. The molecule has 0 saturated carbocycles. The molecule has 3 aliphatic heterocycles. The van der Waals surface area contributed by atoms with Gasteiger partial charge in [0.15, 0.2) is 11.6 Å². The molecule has 0 aliphatic carbocycles. The number of fused-ring (bicyclic) bond motifs is 5. The Labute approximate surface area is 196 Å². The zero-order chi connectivity index (χ0) is 23.1. The van der Waals surface area contributed by atoms with Crippen molar-refractivity contribution >= 4 is 43.3 Å². The van der Waals surface area contributed by atoms with Gasteiger partial charge < -0.3 is 20.7 Å². The number of rotatable bonds is 2. The van der Waals surface area contributed by atoms with Crippen molar-refractivity contribution in [2.45, 2.75) is 31.7 Å². The van der Waals surface area contributed by atoms with Gasteiger partial charge in [-0.15, -0.1) is 11.3 Å². The van der Waals surface area contributed by atoms with Gasteiger partial charge in [-0.1, -0.05) is 0 Å². The van der Waals surface area contributed by atoms with Gasteiger partial charge in [0.2, 0.25) is 5.95 Å². The third kappa shape index (κ3) is 2.53. The predicted octanol–water partition coefficient (Wildman–Crippen LogP) is 3.22. The van der Waals surface area contributed by atoms with E-state index in [4.69, 9.17) is 10.5 Å². The van der Waals surface area contributed by atoms with Crippen LogP contribution in [0.25, 0.3) is 32.2 Å². The first-order valence-corrected chi connectivity index (χ1v) is 11.7. The number of halogens is 2. The number of ether oxygens (including phenoxy) is 1. The van der Waals surface area contributed by atoms with Gasteiger partial charge in [-0.25, -0.2) is 18.7 Å². The fourth-order valence-electron chi connectivity index (χ4n) is 5.43. The molecule has 2 fully saturated rings. The van der Waals surface area contributed by atoms with Gasteiger partial charge in [0.25, 0.3) is 0 Å². The largest absolute Gasteiger partial charge is 0.389 e. The number of nitrogens with two attached hydrogens (primary N) is 1. The zero-order valence-electron chi connectivity index (χ0n) is 17.7. The number of nitrogen functional groups attached to an aromatic ring is 1. The molecule has 3 aliphatic rings. The third-order valence-electron chi connectivity index (χ3n) is 7.09. The van der Waals surface area contributed by atoms with E-state index in [1.165, 1.54) is 0 Å². The highest BCUT2D eigenvalue weighted by Crippen LogP contribution is 2.45. The molecule has 6 heterocycles. The van der Waals surface area contributed by atoms with Crippen LogP contribution in [0.3, 0.4) is 0 Å². The summed E-state index contributed by atoms with van der Waals surface area (Å²) in [6.45, 7) is 2.17. The number of nitrogens with one attached hydrogen (secondary N) is 1. The maximum atomic E-state index is 16.3. The molecular weight excluding hydrogens is 460 g/mol. The Morgan fingerprint density at radius 1 is 1.24 bits per heavy atom. The van der Waals surface area contributed by atoms with E-state index in [1.54, 1.807) is 6.20 Å². The van der Waals surface area contributed by atoms with Crippen molar-refractivity contribution < 1.29 is 13.5 Å². The van der Waals surface area contributed by atoms with E-state index >= 15 is 4.39 Å². The van der Waals surface area contributed by atoms with Crippen LogP contribution in [0.1, 0.15) is 23.1 Å². The molecule has 0 bridgehead atoms. The SMILES string of the molecule is N#Cc1c(N)sc2c(F)cnc(-c3c4c(c5cnc(N6C[C@H]7NCC[C@H]76)nc5c3F)COC4)c12. The minimum atomic E-state index is -0.604. The molecule has 2 atom stereocenters. The van der Waals surface area contributed by atoms with Crippen LogP contribution >= 0.6 is 11.3 Å². The first-order chi connectivity index (χ1) is 16.6. The summed E-state index contributed by atoms with van der Waals surface area (Å²) in [4.78, 5) is 15.5. The predicted molar refractivity (Wildman–Crippen MR) is 123 cm³/mol. The second-order valence-corrected chi connectivity index (χ2v) is 9.80. The standard InChI is InChI=1S/C23H17F2N7OS/c24-13-5-29-20(17-9(3-26)22(27)34-21(13)17)16-12-8-33-7-11(12)10-4-30-23(31-19(10)18(16)25)32-6-14-15(32)1-2-28-14/h4-5,14-15,28H,1-2,6-8,27H2/t14-,15-/m1/s1. The average Bonchev–Trinajstić information content (AvgIpc) is 3.53. The highest BCUT2D eigenvalue weighted by molar-refractivity contribution is 7.23. The summed E-state index contributed by atoms with van der Waals surface area (Å²) in [5, 5.41) is 14.1. The molecule has 7 rings (SSSR count). The van der Waals surface area contributed by atoms with E-state index in [1.807, 2.05) is 6.07 Å². The molecule has 11 heteroatoms. The number of nitrogens with zero attached hydrogens (tertiary/aromatic N) is 5. The number of anilines is 2. The summed E-state index contributed by atoms with van der Waals surface area (Å²) in [5.41, 5.74) is 7.99. The smallest absolute Gasteiger partial charge is 0.226 e. The minimum absolute atomic E-state index is 0.0953. The number of aromatic nitrogens is 3. The first-order valence-electron chi connectivity index (χ1n) is 10.9. The fourth-order valence-corrected chi connectivity index (χ4v) is 6.35. The van der Waals surface area contributed by atoms with Crippen LogP contribution in [0, 0.1) is 23.0 Å². The number of thiophene rings is 1. The Morgan fingerprint density at radius 3 is 2.91 bits per heavy atom. The van der Waals surface area contributed by atoms with Gasteiger partial charge in [-0.2, -0.15) is 5.26 Å². The van der Waals surface area contributed by atoms with E-state index < -0.39 is 11.6 Å². The Morgan fingerprint density at radius 2 is 2.09 bits per heavy atom. The maximum Gasteiger partial charge on any atom is 0.226 e. The van der Waals surface area contributed by atoms with Crippen molar-refractivity contribution in [3.63, 3.8) is 0 Å². The van der Waals surface area contributed by atoms with Crippen molar-refractivity contribution in [3.05, 3.63) is 40.7 Å². The lowest BCUT2D eigenvalue weighted by Crippen LogP contribution is -2.61. The van der Waals surface area contributed by atoms with Gasteiger partial charge in [-0.3, -0.25) is 4.98 Å². The molecule has 170 valence electrons. The van der Waals surface area contributed by atoms with Crippen molar-refractivity contribution in [3.8, 4) is 17.3 Å². The average molecular weight is 478 g/mol. The normalized spacial score (nSPS) is 21.0. The van der Waals surface area contributed by atoms with E-state index in [-0.39, 0.29) is 50.6 Å². The van der Waals surface area contributed by atoms with Gasteiger partial charge in [0.05, 0.1) is 41.4 Å². The van der Waals surface area contributed by atoms with Crippen LogP contribution in [0.15, 0.2) is 12.4 Å². The Hall–Kier alpha value is -3.46. The highest BCUT2D eigenvalue weighted by Gasteiger charge is 2.43. The number of benzene rings is 1. The van der Waals surface area contributed by atoms with Crippen molar-refractivity contribution in [1.82, 2.24) is 20.3 Å². The van der Waals surface area contributed by atoms with Gasteiger partial charge >= 0.3 is 0 Å². The lowest BCUT2D eigenvalue weighted by molar-refractivity contribution is 0.135. The zero-order valence-corrected chi connectivity index (χ0v) is 18.5. The summed E-state index contributed by atoms with van der Waals surface area (Å²) >= 11 is 0.956. The number of pyridine rings is 1. The lowest BCUT2D eigenvalue weighted by Gasteiger charge is -2.44. The Kier molecular flexibility index (Phi) is 4.12. The van der Waals surface area contributed by atoms with Gasteiger partial charge in [-0.05, 0) is 24.1 Å². The second-order valence-electron chi connectivity index (χ2n) is 8.75. The molecule has 1 aromatic carbocycles. The maximum absolute atomic E-state index is 16.3. The quantitative estimate of drug-likeness (QED) is 0.453. The number of hydrogen-bond donors (Lipinski definition) is 2. The summed E-state index contributed by atoms with van der Waals surface area (Å²) in [5.74, 6) is -0.706. The van der Waals surface area contributed by atoms with E-state index in [9.17, 15) is 9.65 Å². The molecule has 4 aromatic rings. The Balaban J connectivity index is 1.50. The van der Waals surface area contributed by atoms with Crippen molar-refractivity contribution in [2.24, 2.45) is 0 Å². The van der Waals surface area contributed by atoms with Crippen molar-refractivity contribution in [2.75, 3.05) is 23.7 Å². The van der Waals surface area contributed by atoms with E-state index in [0.29, 0.717) is 29.0 Å². The molecule has 2 saturated heterocycles.